The zero-order valence-corrected chi connectivity index (χ0v) is 11.5. The van der Waals surface area contributed by atoms with Gasteiger partial charge in [-0.3, -0.25) is 4.79 Å². The van der Waals surface area contributed by atoms with E-state index < -0.39 is 0 Å². The number of anilines is 1. The molecular formula is C14H19NO2S. The molecule has 1 fully saturated rings. The summed E-state index contributed by atoms with van der Waals surface area (Å²) in [4.78, 5) is 12.0. The van der Waals surface area contributed by atoms with Gasteiger partial charge in [-0.1, -0.05) is 6.42 Å². The largest absolute Gasteiger partial charge is 0.494 e. The van der Waals surface area contributed by atoms with Gasteiger partial charge < -0.3 is 10.1 Å². The highest BCUT2D eigenvalue weighted by Gasteiger charge is 2.21. The van der Waals surface area contributed by atoms with Gasteiger partial charge in [-0.25, -0.2) is 0 Å². The van der Waals surface area contributed by atoms with Crippen molar-refractivity contribution >= 4 is 23.4 Å². The van der Waals surface area contributed by atoms with Gasteiger partial charge in [-0.15, -0.1) is 11.8 Å². The van der Waals surface area contributed by atoms with Crippen LogP contribution in [0.25, 0.3) is 0 Å². The van der Waals surface area contributed by atoms with Gasteiger partial charge in [0, 0.05) is 5.69 Å². The second-order valence-corrected chi connectivity index (χ2v) is 5.61. The first kappa shape index (κ1) is 13.3. The zero-order valence-electron chi connectivity index (χ0n) is 10.6. The third-order valence-corrected chi connectivity index (χ3v) is 4.28. The van der Waals surface area contributed by atoms with E-state index in [4.69, 9.17) is 4.74 Å². The molecule has 98 valence electrons. The minimum Gasteiger partial charge on any atom is -0.494 e. The smallest absolute Gasteiger partial charge is 0.237 e. The molecule has 1 heterocycles. The molecule has 1 N–H and O–H groups in total. The standard InChI is InChI=1S/C14H19NO2S/c1-2-17-12-8-6-11(7-9-12)15-14(16)13-5-3-4-10-18-13/h6-9,13H,2-5,10H2,1H3,(H,15,16). The Kier molecular flexibility index (Phi) is 4.93. The van der Waals surface area contributed by atoms with E-state index in [1.165, 1.54) is 6.42 Å². The summed E-state index contributed by atoms with van der Waals surface area (Å²) in [5.41, 5.74) is 0.842. The summed E-state index contributed by atoms with van der Waals surface area (Å²) in [6.07, 6.45) is 3.39. The van der Waals surface area contributed by atoms with Crippen LogP contribution in [-0.4, -0.2) is 23.5 Å². The summed E-state index contributed by atoms with van der Waals surface area (Å²) < 4.78 is 5.37. The molecule has 1 aromatic rings. The van der Waals surface area contributed by atoms with Crippen molar-refractivity contribution in [2.24, 2.45) is 0 Å². The van der Waals surface area contributed by atoms with Crippen LogP contribution in [0, 0.1) is 0 Å². The van der Waals surface area contributed by atoms with E-state index in [1.807, 2.05) is 31.2 Å². The average molecular weight is 265 g/mol. The predicted octanol–water partition coefficient (Wildman–Crippen LogP) is 3.31. The monoisotopic (exact) mass is 265 g/mol. The second-order valence-electron chi connectivity index (χ2n) is 4.30. The summed E-state index contributed by atoms with van der Waals surface area (Å²) in [7, 11) is 0. The molecule has 3 nitrogen and oxygen atoms in total. The molecule has 1 aromatic carbocycles. The van der Waals surface area contributed by atoms with Crippen LogP contribution < -0.4 is 10.1 Å². The van der Waals surface area contributed by atoms with Gasteiger partial charge in [-0.2, -0.15) is 0 Å². The number of benzene rings is 1. The molecule has 0 bridgehead atoms. The Morgan fingerprint density at radius 3 is 2.78 bits per heavy atom. The first-order valence-corrected chi connectivity index (χ1v) is 7.50. The fraction of sp³-hybridized carbons (Fsp3) is 0.500. The van der Waals surface area contributed by atoms with E-state index in [0.29, 0.717) is 6.61 Å². The Labute approximate surface area is 112 Å². The number of carbonyl (C=O) groups excluding carboxylic acids is 1. The van der Waals surface area contributed by atoms with Crippen LogP contribution in [0.5, 0.6) is 5.75 Å². The van der Waals surface area contributed by atoms with Crippen molar-refractivity contribution in [2.75, 3.05) is 17.7 Å². The van der Waals surface area contributed by atoms with Gasteiger partial charge in [0.1, 0.15) is 5.75 Å². The molecule has 0 aromatic heterocycles. The third-order valence-electron chi connectivity index (χ3n) is 2.90. The number of ether oxygens (including phenoxy) is 1. The van der Waals surface area contributed by atoms with Crippen LogP contribution in [0.4, 0.5) is 5.69 Å². The van der Waals surface area contributed by atoms with Gasteiger partial charge in [0.25, 0.3) is 0 Å². The first-order valence-electron chi connectivity index (χ1n) is 6.45. The van der Waals surface area contributed by atoms with Gasteiger partial charge in [0.05, 0.1) is 11.9 Å². The Morgan fingerprint density at radius 1 is 1.39 bits per heavy atom. The lowest BCUT2D eigenvalue weighted by atomic mass is 10.2. The van der Waals surface area contributed by atoms with Crippen LogP contribution in [0.2, 0.25) is 0 Å². The van der Waals surface area contributed by atoms with Crippen molar-refractivity contribution in [3.63, 3.8) is 0 Å². The highest BCUT2D eigenvalue weighted by atomic mass is 32.2. The van der Waals surface area contributed by atoms with Gasteiger partial charge >= 0.3 is 0 Å². The number of carbonyl (C=O) groups is 1. The summed E-state index contributed by atoms with van der Waals surface area (Å²) in [5, 5.41) is 3.08. The summed E-state index contributed by atoms with van der Waals surface area (Å²) in [5.74, 6) is 2.06. The molecular weight excluding hydrogens is 246 g/mol. The normalized spacial score (nSPS) is 19.3. The maximum Gasteiger partial charge on any atom is 0.237 e. The van der Waals surface area contributed by atoms with Crippen molar-refractivity contribution in [2.45, 2.75) is 31.4 Å². The Balaban J connectivity index is 1.89. The van der Waals surface area contributed by atoms with E-state index in [0.717, 1.165) is 30.0 Å². The topological polar surface area (TPSA) is 38.3 Å². The van der Waals surface area contributed by atoms with Crippen LogP contribution >= 0.6 is 11.8 Å². The van der Waals surface area contributed by atoms with Crippen LogP contribution in [0.1, 0.15) is 26.2 Å². The van der Waals surface area contributed by atoms with Crippen molar-refractivity contribution in [3.8, 4) is 5.75 Å². The molecule has 0 saturated carbocycles. The van der Waals surface area contributed by atoms with Gasteiger partial charge in [0.15, 0.2) is 0 Å². The number of thioether (sulfide) groups is 1. The molecule has 1 unspecified atom stereocenters. The molecule has 0 radical (unpaired) electrons. The summed E-state index contributed by atoms with van der Waals surface area (Å²) in [6, 6.07) is 7.53. The summed E-state index contributed by atoms with van der Waals surface area (Å²) in [6.45, 7) is 2.61. The van der Waals surface area contributed by atoms with Gasteiger partial charge in [0.2, 0.25) is 5.91 Å². The number of amides is 1. The van der Waals surface area contributed by atoms with Gasteiger partial charge in [-0.05, 0) is 49.8 Å². The fourth-order valence-corrected chi connectivity index (χ4v) is 3.17. The number of nitrogens with one attached hydrogen (secondary N) is 1. The molecule has 4 heteroatoms. The molecule has 0 aliphatic carbocycles. The molecule has 18 heavy (non-hydrogen) atoms. The van der Waals surface area contributed by atoms with Crippen molar-refractivity contribution in [3.05, 3.63) is 24.3 Å². The van der Waals surface area contributed by atoms with Crippen molar-refractivity contribution in [1.82, 2.24) is 0 Å². The molecule has 0 spiro atoms. The van der Waals surface area contributed by atoms with E-state index >= 15 is 0 Å². The number of rotatable bonds is 4. The number of hydrogen-bond donors (Lipinski definition) is 1. The van der Waals surface area contributed by atoms with E-state index in [2.05, 4.69) is 5.32 Å². The number of hydrogen-bond acceptors (Lipinski definition) is 3. The predicted molar refractivity (Wildman–Crippen MR) is 76.3 cm³/mol. The molecule has 2 rings (SSSR count). The molecule has 1 amide bonds. The van der Waals surface area contributed by atoms with E-state index in [-0.39, 0.29) is 11.2 Å². The van der Waals surface area contributed by atoms with Crippen LogP contribution in [0.3, 0.4) is 0 Å². The lowest BCUT2D eigenvalue weighted by Crippen LogP contribution is -2.27. The maximum atomic E-state index is 12.0. The Morgan fingerprint density at radius 2 is 2.17 bits per heavy atom. The second kappa shape index (κ2) is 6.69. The summed E-state index contributed by atoms with van der Waals surface area (Å²) >= 11 is 1.77. The highest BCUT2D eigenvalue weighted by molar-refractivity contribution is 8.00. The van der Waals surface area contributed by atoms with E-state index in [1.54, 1.807) is 11.8 Å². The third kappa shape index (κ3) is 3.67. The lowest BCUT2D eigenvalue weighted by Gasteiger charge is -2.20. The van der Waals surface area contributed by atoms with Crippen molar-refractivity contribution in [1.29, 1.82) is 0 Å². The molecule has 1 aliphatic heterocycles. The first-order chi connectivity index (χ1) is 8.79. The molecule has 1 atom stereocenters. The quantitative estimate of drug-likeness (QED) is 0.907. The minimum atomic E-state index is 0.116. The SMILES string of the molecule is CCOc1ccc(NC(=O)C2CCCCS2)cc1. The van der Waals surface area contributed by atoms with E-state index in [9.17, 15) is 4.79 Å². The maximum absolute atomic E-state index is 12.0. The fourth-order valence-electron chi connectivity index (χ4n) is 1.97. The zero-order chi connectivity index (χ0) is 12.8. The lowest BCUT2D eigenvalue weighted by molar-refractivity contribution is -0.115. The Bertz CT molecular complexity index is 385. The minimum absolute atomic E-state index is 0.116. The average Bonchev–Trinajstić information content (AvgIpc) is 2.42. The Hall–Kier alpha value is -1.16. The van der Waals surface area contributed by atoms with Crippen LogP contribution in [-0.2, 0) is 4.79 Å². The van der Waals surface area contributed by atoms with Crippen LogP contribution in [0.15, 0.2) is 24.3 Å². The molecule has 1 aliphatic rings. The molecule has 1 saturated heterocycles. The highest BCUT2D eigenvalue weighted by Crippen LogP contribution is 2.26. The van der Waals surface area contributed by atoms with Crippen molar-refractivity contribution < 1.29 is 9.53 Å².